The lowest BCUT2D eigenvalue weighted by atomic mass is 9.95. The van der Waals surface area contributed by atoms with E-state index in [-0.39, 0.29) is 11.0 Å². The molecule has 0 aromatic rings. The Morgan fingerprint density at radius 2 is 1.91 bits per heavy atom. The van der Waals surface area contributed by atoms with Crippen LogP contribution in [-0.4, -0.2) is 5.97 Å². The van der Waals surface area contributed by atoms with E-state index >= 15 is 0 Å². The van der Waals surface area contributed by atoms with Crippen molar-refractivity contribution in [3.63, 3.8) is 0 Å². The highest BCUT2D eigenvalue weighted by atomic mass is 16.4. The summed E-state index contributed by atoms with van der Waals surface area (Å²) in [5.41, 5.74) is -0.00167. The minimum atomic E-state index is -1.22. The van der Waals surface area contributed by atoms with Crippen molar-refractivity contribution in [3.8, 4) is 0 Å². The van der Waals surface area contributed by atoms with E-state index < -0.39 is 5.97 Å². The van der Waals surface area contributed by atoms with Crippen LogP contribution < -0.4 is 5.11 Å². The van der Waals surface area contributed by atoms with E-state index in [4.69, 9.17) is 0 Å². The van der Waals surface area contributed by atoms with Crippen molar-refractivity contribution >= 4 is 5.97 Å². The van der Waals surface area contributed by atoms with Crippen LogP contribution in [0, 0.1) is 5.41 Å². The van der Waals surface area contributed by atoms with E-state index in [9.17, 15) is 9.90 Å². The minimum Gasteiger partial charge on any atom is -0.545 e. The summed E-state index contributed by atoms with van der Waals surface area (Å²) in [6, 6.07) is 0. The highest BCUT2D eigenvalue weighted by Gasteiger charge is 2.03. The van der Waals surface area contributed by atoms with E-state index in [2.05, 4.69) is 6.58 Å². The number of carboxylic acid groups (broad SMARTS) is 1. The molecule has 62 valence electrons. The molecule has 0 fully saturated rings. The molecule has 0 rings (SSSR count). The van der Waals surface area contributed by atoms with Gasteiger partial charge in [0.05, 0.1) is 5.97 Å². The largest absolute Gasteiger partial charge is 0.545 e. The van der Waals surface area contributed by atoms with Crippen LogP contribution in [-0.2, 0) is 4.79 Å². The van der Waals surface area contributed by atoms with Crippen LogP contribution in [0.3, 0.4) is 0 Å². The van der Waals surface area contributed by atoms with Crippen LogP contribution in [0.15, 0.2) is 24.3 Å². The topological polar surface area (TPSA) is 40.1 Å². The van der Waals surface area contributed by atoms with Gasteiger partial charge in [-0.05, 0) is 11.0 Å². The molecule has 2 nitrogen and oxygen atoms in total. The van der Waals surface area contributed by atoms with Crippen molar-refractivity contribution in [2.75, 3.05) is 0 Å². The molecule has 0 saturated heterocycles. The molecule has 2 heteroatoms. The van der Waals surface area contributed by atoms with Crippen molar-refractivity contribution in [3.05, 3.63) is 24.3 Å². The molecule has 0 aliphatic carbocycles. The van der Waals surface area contributed by atoms with Gasteiger partial charge in [0.1, 0.15) is 0 Å². The quantitative estimate of drug-likeness (QED) is 0.436. The molecule has 0 N–H and O–H groups in total. The smallest absolute Gasteiger partial charge is 0.0709 e. The predicted octanol–water partition coefficient (Wildman–Crippen LogP) is 0.895. The molecular formula is C9H13O2-. The SMILES string of the molecule is C=C(/C=C/C(C)(C)C)C(=O)[O-]. The second kappa shape index (κ2) is 3.37. The lowest BCUT2D eigenvalue weighted by Crippen LogP contribution is -2.23. The Morgan fingerprint density at radius 1 is 1.45 bits per heavy atom. The fraction of sp³-hybridized carbons (Fsp3) is 0.444. The normalized spacial score (nSPS) is 11.9. The summed E-state index contributed by atoms with van der Waals surface area (Å²) in [5, 5.41) is 10.2. The number of rotatable bonds is 2. The average Bonchev–Trinajstić information content (AvgIpc) is 1.80. The van der Waals surface area contributed by atoms with Crippen LogP contribution in [0.5, 0.6) is 0 Å². The first-order chi connectivity index (χ1) is 4.83. The number of carbonyl (C=O) groups is 1. The summed E-state index contributed by atoms with van der Waals surface area (Å²) >= 11 is 0. The molecule has 0 aliphatic rings. The second-order valence-electron chi connectivity index (χ2n) is 3.51. The van der Waals surface area contributed by atoms with Crippen molar-refractivity contribution < 1.29 is 9.90 Å². The highest BCUT2D eigenvalue weighted by molar-refractivity contribution is 5.87. The number of hydrogen-bond donors (Lipinski definition) is 0. The Hall–Kier alpha value is -1.05. The summed E-state index contributed by atoms with van der Waals surface area (Å²) in [6.45, 7) is 9.24. The first-order valence-electron chi connectivity index (χ1n) is 3.42. The van der Waals surface area contributed by atoms with Gasteiger partial charge in [-0.25, -0.2) is 0 Å². The Morgan fingerprint density at radius 3 is 2.18 bits per heavy atom. The van der Waals surface area contributed by atoms with E-state index in [1.807, 2.05) is 20.8 Å². The van der Waals surface area contributed by atoms with Crippen LogP contribution in [0.1, 0.15) is 20.8 Å². The molecule has 0 radical (unpaired) electrons. The van der Waals surface area contributed by atoms with Crippen LogP contribution in [0.4, 0.5) is 0 Å². The van der Waals surface area contributed by atoms with Gasteiger partial charge in [0, 0.05) is 0 Å². The van der Waals surface area contributed by atoms with Crippen LogP contribution in [0.25, 0.3) is 0 Å². The molecular weight excluding hydrogens is 140 g/mol. The Labute approximate surface area is 67.2 Å². The predicted molar refractivity (Wildman–Crippen MR) is 42.7 cm³/mol. The maximum Gasteiger partial charge on any atom is 0.0709 e. The third kappa shape index (κ3) is 5.40. The molecule has 0 atom stereocenters. The fourth-order valence-electron chi connectivity index (χ4n) is 0.419. The molecule has 0 aliphatic heterocycles. The Kier molecular flexibility index (Phi) is 3.05. The Bertz CT molecular complexity index is 194. The maximum absolute atomic E-state index is 10.2. The zero-order chi connectivity index (χ0) is 9.07. The molecule has 0 saturated carbocycles. The van der Waals surface area contributed by atoms with Gasteiger partial charge in [-0.3, -0.25) is 0 Å². The fourth-order valence-corrected chi connectivity index (χ4v) is 0.419. The standard InChI is InChI=1S/C9H14O2/c1-7(8(10)11)5-6-9(2,3)4/h5-6H,1H2,2-4H3,(H,10,11)/p-1/b6-5+. The first kappa shape index (κ1) is 9.95. The molecule has 0 amide bonds. The van der Waals surface area contributed by atoms with Crippen molar-refractivity contribution in [1.29, 1.82) is 0 Å². The molecule has 0 unspecified atom stereocenters. The van der Waals surface area contributed by atoms with Gasteiger partial charge in [-0.15, -0.1) is 0 Å². The van der Waals surface area contributed by atoms with Crippen LogP contribution in [0.2, 0.25) is 0 Å². The monoisotopic (exact) mass is 153 g/mol. The van der Waals surface area contributed by atoms with Gasteiger partial charge in [0.25, 0.3) is 0 Å². The lowest BCUT2D eigenvalue weighted by molar-refractivity contribution is -0.298. The number of allylic oxidation sites excluding steroid dienone is 1. The number of carboxylic acids is 1. The summed E-state index contributed by atoms with van der Waals surface area (Å²) in [4.78, 5) is 10.2. The second-order valence-corrected chi connectivity index (χ2v) is 3.51. The zero-order valence-corrected chi connectivity index (χ0v) is 7.18. The summed E-state index contributed by atoms with van der Waals surface area (Å²) in [6.07, 6.45) is 3.25. The highest BCUT2D eigenvalue weighted by Crippen LogP contribution is 2.15. The maximum atomic E-state index is 10.2. The van der Waals surface area contributed by atoms with Gasteiger partial charge in [0.15, 0.2) is 0 Å². The molecule has 0 heterocycles. The summed E-state index contributed by atoms with van der Waals surface area (Å²) in [5.74, 6) is -1.22. The van der Waals surface area contributed by atoms with E-state index in [0.29, 0.717) is 0 Å². The molecule has 0 aromatic heterocycles. The van der Waals surface area contributed by atoms with Crippen molar-refractivity contribution in [1.82, 2.24) is 0 Å². The van der Waals surface area contributed by atoms with Gasteiger partial charge in [-0.2, -0.15) is 0 Å². The van der Waals surface area contributed by atoms with Gasteiger partial charge < -0.3 is 9.90 Å². The average molecular weight is 153 g/mol. The van der Waals surface area contributed by atoms with Crippen molar-refractivity contribution in [2.24, 2.45) is 5.41 Å². The van der Waals surface area contributed by atoms with Crippen LogP contribution >= 0.6 is 0 Å². The zero-order valence-electron chi connectivity index (χ0n) is 7.18. The molecule has 0 spiro atoms. The third-order valence-electron chi connectivity index (χ3n) is 1.05. The lowest BCUT2D eigenvalue weighted by Gasteiger charge is -2.11. The van der Waals surface area contributed by atoms with E-state index in [0.717, 1.165) is 0 Å². The van der Waals surface area contributed by atoms with Crippen molar-refractivity contribution in [2.45, 2.75) is 20.8 Å². The molecule has 0 bridgehead atoms. The Balaban J connectivity index is 4.16. The summed E-state index contributed by atoms with van der Waals surface area (Å²) < 4.78 is 0. The first-order valence-corrected chi connectivity index (χ1v) is 3.42. The minimum absolute atomic E-state index is 0.0138. The van der Waals surface area contributed by atoms with Gasteiger partial charge >= 0.3 is 0 Å². The van der Waals surface area contributed by atoms with Gasteiger partial charge in [-0.1, -0.05) is 39.5 Å². The van der Waals surface area contributed by atoms with E-state index in [1.165, 1.54) is 6.08 Å². The van der Waals surface area contributed by atoms with Gasteiger partial charge in [0.2, 0.25) is 0 Å². The number of carbonyl (C=O) groups excluding carboxylic acids is 1. The van der Waals surface area contributed by atoms with E-state index in [1.54, 1.807) is 6.08 Å². The summed E-state index contributed by atoms with van der Waals surface area (Å²) in [7, 11) is 0. The third-order valence-corrected chi connectivity index (χ3v) is 1.05. The number of hydrogen-bond acceptors (Lipinski definition) is 2. The molecule has 11 heavy (non-hydrogen) atoms. The number of aliphatic carboxylic acids is 1. The molecule has 0 aromatic carbocycles.